The standard InChI is InChI=1S/C13H16N2OS/c1-10(13-7-14-9-17-13)15-12(8-16)11-5-3-2-4-6-11/h2-7,9-10,12,15-16H,8H2,1H3. The third-order valence-corrected chi connectivity index (χ3v) is 3.67. The highest BCUT2D eigenvalue weighted by molar-refractivity contribution is 7.09. The second-order valence-corrected chi connectivity index (χ2v) is 4.86. The van der Waals surface area contributed by atoms with Crippen molar-refractivity contribution in [2.45, 2.75) is 19.0 Å². The SMILES string of the molecule is CC(NC(CO)c1ccccc1)c1cncs1. The summed E-state index contributed by atoms with van der Waals surface area (Å²) in [6.07, 6.45) is 1.86. The van der Waals surface area contributed by atoms with Crippen molar-refractivity contribution in [2.24, 2.45) is 0 Å². The van der Waals surface area contributed by atoms with Gasteiger partial charge in [-0.3, -0.25) is 4.98 Å². The molecule has 0 radical (unpaired) electrons. The Hall–Kier alpha value is -1.23. The minimum Gasteiger partial charge on any atom is -0.394 e. The Kier molecular flexibility index (Phi) is 4.25. The summed E-state index contributed by atoms with van der Waals surface area (Å²) < 4.78 is 0. The van der Waals surface area contributed by atoms with E-state index in [0.29, 0.717) is 0 Å². The molecule has 0 saturated heterocycles. The van der Waals surface area contributed by atoms with Crippen LogP contribution in [-0.2, 0) is 0 Å². The molecule has 2 unspecified atom stereocenters. The van der Waals surface area contributed by atoms with Crippen molar-refractivity contribution >= 4 is 11.3 Å². The van der Waals surface area contributed by atoms with Crippen LogP contribution < -0.4 is 5.32 Å². The van der Waals surface area contributed by atoms with E-state index < -0.39 is 0 Å². The van der Waals surface area contributed by atoms with E-state index in [1.165, 1.54) is 4.88 Å². The van der Waals surface area contributed by atoms with Crippen LogP contribution in [0.1, 0.15) is 29.4 Å². The summed E-state index contributed by atoms with van der Waals surface area (Å²) in [5, 5.41) is 12.9. The van der Waals surface area contributed by atoms with Crippen molar-refractivity contribution in [1.82, 2.24) is 10.3 Å². The van der Waals surface area contributed by atoms with E-state index in [2.05, 4.69) is 17.2 Å². The first-order valence-electron chi connectivity index (χ1n) is 5.61. The Balaban J connectivity index is 2.06. The van der Waals surface area contributed by atoms with Crippen molar-refractivity contribution in [3.63, 3.8) is 0 Å². The van der Waals surface area contributed by atoms with E-state index >= 15 is 0 Å². The molecule has 1 heterocycles. The lowest BCUT2D eigenvalue weighted by atomic mass is 10.1. The largest absolute Gasteiger partial charge is 0.394 e. The molecular weight excluding hydrogens is 232 g/mol. The van der Waals surface area contributed by atoms with Crippen LogP contribution in [0, 0.1) is 0 Å². The minimum atomic E-state index is -0.0340. The third-order valence-electron chi connectivity index (χ3n) is 2.71. The summed E-state index contributed by atoms with van der Waals surface area (Å²) in [7, 11) is 0. The Morgan fingerprint density at radius 3 is 2.71 bits per heavy atom. The third kappa shape index (κ3) is 3.12. The first kappa shape index (κ1) is 12.2. The van der Waals surface area contributed by atoms with Crippen molar-refractivity contribution < 1.29 is 5.11 Å². The first-order valence-corrected chi connectivity index (χ1v) is 6.49. The average Bonchev–Trinajstić information content (AvgIpc) is 2.90. The van der Waals surface area contributed by atoms with Gasteiger partial charge in [-0.05, 0) is 12.5 Å². The molecular formula is C13H16N2OS. The number of thiazole rings is 1. The normalized spacial score (nSPS) is 14.5. The Labute approximate surface area is 105 Å². The molecule has 0 saturated carbocycles. The molecule has 2 aromatic rings. The fourth-order valence-corrected chi connectivity index (χ4v) is 2.40. The van der Waals surface area contributed by atoms with Crippen LogP contribution in [0.15, 0.2) is 42.0 Å². The van der Waals surface area contributed by atoms with Gasteiger partial charge in [-0.15, -0.1) is 11.3 Å². The maximum atomic E-state index is 9.45. The number of aliphatic hydroxyl groups is 1. The zero-order valence-electron chi connectivity index (χ0n) is 9.71. The van der Waals surface area contributed by atoms with E-state index in [-0.39, 0.29) is 18.7 Å². The predicted molar refractivity (Wildman–Crippen MR) is 69.9 cm³/mol. The number of nitrogens with zero attached hydrogens (tertiary/aromatic N) is 1. The van der Waals surface area contributed by atoms with Gasteiger partial charge in [-0.25, -0.2) is 0 Å². The molecule has 1 aromatic carbocycles. The van der Waals surface area contributed by atoms with Crippen LogP contribution in [0.2, 0.25) is 0 Å². The zero-order chi connectivity index (χ0) is 12.1. The van der Waals surface area contributed by atoms with Gasteiger partial charge in [-0.1, -0.05) is 30.3 Å². The summed E-state index contributed by atoms with van der Waals surface area (Å²) in [6, 6.07) is 10.1. The Morgan fingerprint density at radius 2 is 2.12 bits per heavy atom. The van der Waals surface area contributed by atoms with Crippen LogP contribution in [0.4, 0.5) is 0 Å². The number of benzene rings is 1. The molecule has 0 aliphatic carbocycles. The number of aliphatic hydroxyl groups excluding tert-OH is 1. The fraction of sp³-hybridized carbons (Fsp3) is 0.308. The van der Waals surface area contributed by atoms with Gasteiger partial charge in [-0.2, -0.15) is 0 Å². The van der Waals surface area contributed by atoms with Gasteiger partial charge in [0.2, 0.25) is 0 Å². The van der Waals surface area contributed by atoms with E-state index in [4.69, 9.17) is 0 Å². The molecule has 4 heteroatoms. The minimum absolute atomic E-state index is 0.0340. The first-order chi connectivity index (χ1) is 8.31. The van der Waals surface area contributed by atoms with Crippen LogP contribution in [-0.4, -0.2) is 16.7 Å². The lowest BCUT2D eigenvalue weighted by Gasteiger charge is -2.21. The number of aromatic nitrogens is 1. The number of nitrogens with one attached hydrogen (secondary N) is 1. The zero-order valence-corrected chi connectivity index (χ0v) is 10.5. The molecule has 0 aliphatic rings. The summed E-state index contributed by atoms with van der Waals surface area (Å²) >= 11 is 1.62. The Morgan fingerprint density at radius 1 is 1.35 bits per heavy atom. The molecule has 0 amide bonds. The molecule has 0 fully saturated rings. The van der Waals surface area contributed by atoms with E-state index in [9.17, 15) is 5.11 Å². The molecule has 3 nitrogen and oxygen atoms in total. The number of hydrogen-bond acceptors (Lipinski definition) is 4. The summed E-state index contributed by atoms with van der Waals surface area (Å²) in [4.78, 5) is 5.25. The van der Waals surface area contributed by atoms with Gasteiger partial charge >= 0.3 is 0 Å². The van der Waals surface area contributed by atoms with Gasteiger partial charge in [0.1, 0.15) is 0 Å². The highest BCUT2D eigenvalue weighted by Crippen LogP contribution is 2.21. The van der Waals surface area contributed by atoms with Crippen LogP contribution in [0.5, 0.6) is 0 Å². The number of hydrogen-bond donors (Lipinski definition) is 2. The van der Waals surface area contributed by atoms with Crippen molar-refractivity contribution in [1.29, 1.82) is 0 Å². The summed E-state index contributed by atoms with van der Waals surface area (Å²) in [5.74, 6) is 0. The van der Waals surface area contributed by atoms with Crippen LogP contribution >= 0.6 is 11.3 Å². The maximum absolute atomic E-state index is 9.45. The van der Waals surface area contributed by atoms with Gasteiger partial charge in [0, 0.05) is 17.1 Å². The second kappa shape index (κ2) is 5.91. The van der Waals surface area contributed by atoms with Gasteiger partial charge in [0.15, 0.2) is 0 Å². The molecule has 2 atom stereocenters. The van der Waals surface area contributed by atoms with E-state index in [1.54, 1.807) is 11.3 Å². The molecule has 2 rings (SSSR count). The van der Waals surface area contributed by atoms with Crippen LogP contribution in [0.3, 0.4) is 0 Å². The monoisotopic (exact) mass is 248 g/mol. The van der Waals surface area contributed by atoms with Gasteiger partial charge in [0.25, 0.3) is 0 Å². The van der Waals surface area contributed by atoms with Gasteiger partial charge < -0.3 is 10.4 Å². The molecule has 17 heavy (non-hydrogen) atoms. The maximum Gasteiger partial charge on any atom is 0.0794 e. The molecule has 2 N–H and O–H groups in total. The Bertz CT molecular complexity index is 430. The highest BCUT2D eigenvalue weighted by atomic mass is 32.1. The van der Waals surface area contributed by atoms with Crippen molar-refractivity contribution in [3.05, 3.63) is 52.5 Å². The van der Waals surface area contributed by atoms with Gasteiger partial charge in [0.05, 0.1) is 18.2 Å². The highest BCUT2D eigenvalue weighted by Gasteiger charge is 2.14. The predicted octanol–water partition coefficient (Wildman–Crippen LogP) is 2.53. The average molecular weight is 248 g/mol. The van der Waals surface area contributed by atoms with Crippen molar-refractivity contribution in [3.8, 4) is 0 Å². The topological polar surface area (TPSA) is 45.1 Å². The van der Waals surface area contributed by atoms with E-state index in [1.807, 2.05) is 42.0 Å². The summed E-state index contributed by atoms with van der Waals surface area (Å²) in [6.45, 7) is 2.17. The molecule has 0 bridgehead atoms. The van der Waals surface area contributed by atoms with E-state index in [0.717, 1.165) is 5.56 Å². The fourth-order valence-electron chi connectivity index (χ4n) is 1.76. The van der Waals surface area contributed by atoms with Crippen LogP contribution in [0.25, 0.3) is 0 Å². The molecule has 90 valence electrons. The molecule has 0 spiro atoms. The lowest BCUT2D eigenvalue weighted by molar-refractivity contribution is 0.236. The smallest absolute Gasteiger partial charge is 0.0794 e. The quantitative estimate of drug-likeness (QED) is 0.854. The molecule has 0 aliphatic heterocycles. The molecule has 1 aromatic heterocycles. The summed E-state index contributed by atoms with van der Waals surface area (Å²) in [5.41, 5.74) is 2.93. The second-order valence-electron chi connectivity index (χ2n) is 3.94. The number of rotatable bonds is 5. The van der Waals surface area contributed by atoms with Crippen molar-refractivity contribution in [2.75, 3.05) is 6.61 Å². The lowest BCUT2D eigenvalue weighted by Crippen LogP contribution is -2.26.